The third-order valence-corrected chi connectivity index (χ3v) is 11.5. The number of carbonyl (C=O) groups excluding carboxylic acids is 1. The maximum atomic E-state index is 13.7. The molecule has 0 saturated carbocycles. The standard InChI is InChI=1S/C20H33BrO3Si/c1-10-20(24-25(8,9)18(4,5)6)17(22)15(12-14(3)21)16-11-13(2)19(20,7)23-16/h10,13,15-16H,1,3,11-12H2,2,4-9H3/t13-,15+,16+,19-,20-/m0/s1. The largest absolute Gasteiger partial charge is 0.399 e. The van der Waals surface area contributed by atoms with E-state index in [1.165, 1.54) is 0 Å². The molecule has 0 aromatic rings. The van der Waals surface area contributed by atoms with Gasteiger partial charge in [-0.1, -0.05) is 62.9 Å². The summed E-state index contributed by atoms with van der Waals surface area (Å²) in [6.07, 6.45) is 3.09. The zero-order valence-electron chi connectivity index (χ0n) is 16.7. The highest BCUT2D eigenvalue weighted by atomic mass is 79.9. The fourth-order valence-electron chi connectivity index (χ4n) is 3.96. The van der Waals surface area contributed by atoms with E-state index < -0.39 is 19.5 Å². The molecule has 0 aromatic heterocycles. The van der Waals surface area contributed by atoms with Gasteiger partial charge in [0.2, 0.25) is 0 Å². The lowest BCUT2D eigenvalue weighted by atomic mass is 9.71. The Kier molecular flexibility index (Phi) is 5.42. The van der Waals surface area contributed by atoms with E-state index in [0.717, 1.165) is 10.9 Å². The van der Waals surface area contributed by atoms with Gasteiger partial charge in [0, 0.05) is 0 Å². The highest BCUT2D eigenvalue weighted by molar-refractivity contribution is 9.11. The van der Waals surface area contributed by atoms with Crippen molar-refractivity contribution in [2.75, 3.05) is 0 Å². The Morgan fingerprint density at radius 3 is 2.48 bits per heavy atom. The third kappa shape index (κ3) is 3.15. The van der Waals surface area contributed by atoms with Crippen LogP contribution in [0.5, 0.6) is 0 Å². The van der Waals surface area contributed by atoms with E-state index >= 15 is 0 Å². The Balaban J connectivity index is 2.57. The van der Waals surface area contributed by atoms with Crippen LogP contribution < -0.4 is 0 Å². The molecule has 0 spiro atoms. The number of halogens is 1. The number of ketones is 1. The summed E-state index contributed by atoms with van der Waals surface area (Å²) < 4.78 is 14.1. The molecular formula is C20H33BrO3Si. The molecule has 2 saturated heterocycles. The predicted molar refractivity (Wildman–Crippen MR) is 109 cm³/mol. The minimum atomic E-state index is -2.22. The SMILES string of the molecule is C=C[C@]1(O[Si](C)(C)C(C)(C)C)C(=O)[C@H](CC(=C)Br)[C@H]2C[C@H](C)[C@]1(C)O2. The molecule has 3 nitrogen and oxygen atoms in total. The quantitative estimate of drug-likeness (QED) is 0.421. The molecule has 0 radical (unpaired) electrons. The highest BCUT2D eigenvalue weighted by Crippen LogP contribution is 2.56. The van der Waals surface area contributed by atoms with Gasteiger partial charge in [-0.25, -0.2) is 0 Å². The lowest BCUT2D eigenvalue weighted by Crippen LogP contribution is -2.69. The van der Waals surface area contributed by atoms with E-state index in [4.69, 9.17) is 9.16 Å². The molecule has 25 heavy (non-hydrogen) atoms. The third-order valence-electron chi connectivity index (χ3n) is 6.76. The molecule has 5 atom stereocenters. The van der Waals surface area contributed by atoms with Gasteiger partial charge in [0.1, 0.15) is 5.60 Å². The van der Waals surface area contributed by atoms with E-state index in [9.17, 15) is 4.79 Å². The summed E-state index contributed by atoms with van der Waals surface area (Å²) in [5, 5.41) is -0.00709. The lowest BCUT2D eigenvalue weighted by Gasteiger charge is -2.54. The maximum absolute atomic E-state index is 13.7. The molecule has 5 heteroatoms. The van der Waals surface area contributed by atoms with E-state index in [-0.39, 0.29) is 28.8 Å². The molecule has 0 aliphatic carbocycles. The molecule has 2 aliphatic rings. The van der Waals surface area contributed by atoms with Gasteiger partial charge in [0.15, 0.2) is 19.7 Å². The number of carbonyl (C=O) groups is 1. The van der Waals surface area contributed by atoms with Crippen molar-refractivity contribution in [3.05, 3.63) is 23.7 Å². The average Bonchev–Trinajstić information content (AvgIpc) is 2.73. The van der Waals surface area contributed by atoms with Crippen molar-refractivity contribution >= 4 is 30.0 Å². The van der Waals surface area contributed by atoms with Gasteiger partial charge in [-0.3, -0.25) is 4.79 Å². The number of fused-ring (bicyclic) bond motifs is 2. The summed E-state index contributed by atoms with van der Waals surface area (Å²) in [4.78, 5) is 13.7. The van der Waals surface area contributed by atoms with Crippen molar-refractivity contribution in [1.82, 2.24) is 0 Å². The van der Waals surface area contributed by atoms with Gasteiger partial charge in [0.25, 0.3) is 0 Å². The number of rotatable bonds is 5. The van der Waals surface area contributed by atoms with Crippen molar-refractivity contribution in [2.24, 2.45) is 11.8 Å². The van der Waals surface area contributed by atoms with E-state index in [0.29, 0.717) is 6.42 Å². The van der Waals surface area contributed by atoms with Crippen LogP contribution in [0.4, 0.5) is 0 Å². The molecule has 0 aromatic carbocycles. The molecule has 2 heterocycles. The normalized spacial score (nSPS) is 38.7. The fourth-order valence-corrected chi connectivity index (χ4v) is 5.80. The van der Waals surface area contributed by atoms with Crippen molar-refractivity contribution in [3.63, 3.8) is 0 Å². The molecule has 2 aliphatic heterocycles. The predicted octanol–water partition coefficient (Wildman–Crippen LogP) is 5.61. The second kappa shape index (κ2) is 6.43. The summed E-state index contributed by atoms with van der Waals surface area (Å²) in [6.45, 7) is 23.1. The van der Waals surface area contributed by atoms with E-state index in [1.807, 2.05) is 6.92 Å². The molecular weight excluding hydrogens is 396 g/mol. The average molecular weight is 429 g/mol. The molecule has 0 unspecified atom stereocenters. The first-order chi connectivity index (χ1) is 11.2. The zero-order chi connectivity index (χ0) is 19.4. The molecule has 142 valence electrons. The first-order valence-electron chi connectivity index (χ1n) is 9.11. The Morgan fingerprint density at radius 2 is 2.04 bits per heavy atom. The molecule has 0 amide bonds. The van der Waals surface area contributed by atoms with Crippen LogP contribution in [0.1, 0.15) is 47.5 Å². The summed E-state index contributed by atoms with van der Waals surface area (Å²) in [7, 11) is -2.22. The second-order valence-corrected chi connectivity index (χ2v) is 15.2. The number of ether oxygens (including phenoxy) is 1. The number of hydrogen-bond acceptors (Lipinski definition) is 3. The molecule has 2 fully saturated rings. The Labute approximate surface area is 162 Å². The van der Waals surface area contributed by atoms with Gasteiger partial charge in [-0.2, -0.15) is 0 Å². The van der Waals surface area contributed by atoms with Gasteiger partial charge in [-0.15, -0.1) is 0 Å². The summed E-state index contributed by atoms with van der Waals surface area (Å²) in [5.74, 6) is 0.0847. The van der Waals surface area contributed by atoms with Gasteiger partial charge in [-0.05, 0) is 48.3 Å². The molecule has 0 N–H and O–H groups in total. The van der Waals surface area contributed by atoms with Crippen LogP contribution in [-0.4, -0.2) is 31.4 Å². The Hall–Kier alpha value is -0.233. The summed E-state index contributed by atoms with van der Waals surface area (Å²) >= 11 is 3.43. The van der Waals surface area contributed by atoms with Crippen LogP contribution in [-0.2, 0) is 14.0 Å². The lowest BCUT2D eigenvalue weighted by molar-refractivity contribution is -0.200. The summed E-state index contributed by atoms with van der Waals surface area (Å²) in [5.41, 5.74) is -1.77. The van der Waals surface area contributed by atoms with Crippen molar-refractivity contribution in [2.45, 2.75) is 82.9 Å². The smallest absolute Gasteiger partial charge is 0.194 e. The van der Waals surface area contributed by atoms with Crippen LogP contribution in [0.25, 0.3) is 0 Å². The highest BCUT2D eigenvalue weighted by Gasteiger charge is 2.68. The Bertz CT molecular complexity index is 594. The van der Waals surface area contributed by atoms with Crippen molar-refractivity contribution in [3.8, 4) is 0 Å². The topological polar surface area (TPSA) is 35.5 Å². The van der Waals surface area contributed by atoms with Gasteiger partial charge >= 0.3 is 0 Å². The van der Waals surface area contributed by atoms with Gasteiger partial charge in [0.05, 0.1) is 12.0 Å². The monoisotopic (exact) mass is 428 g/mol. The van der Waals surface area contributed by atoms with Gasteiger partial charge < -0.3 is 9.16 Å². The summed E-state index contributed by atoms with van der Waals surface area (Å²) in [6, 6.07) is 0. The maximum Gasteiger partial charge on any atom is 0.194 e. The van der Waals surface area contributed by atoms with Crippen LogP contribution >= 0.6 is 15.9 Å². The number of allylic oxidation sites excluding steroid dienone is 1. The Morgan fingerprint density at radius 1 is 1.48 bits per heavy atom. The van der Waals surface area contributed by atoms with Crippen LogP contribution in [0.2, 0.25) is 18.1 Å². The van der Waals surface area contributed by atoms with Crippen LogP contribution in [0, 0.1) is 11.8 Å². The molecule has 2 bridgehead atoms. The van der Waals surface area contributed by atoms with Crippen molar-refractivity contribution < 1.29 is 14.0 Å². The van der Waals surface area contributed by atoms with Crippen LogP contribution in [0.3, 0.4) is 0 Å². The van der Waals surface area contributed by atoms with E-state index in [2.05, 4.69) is 69.9 Å². The zero-order valence-corrected chi connectivity index (χ0v) is 19.3. The first-order valence-corrected chi connectivity index (χ1v) is 12.8. The minimum Gasteiger partial charge on any atom is -0.399 e. The van der Waals surface area contributed by atoms with Crippen molar-refractivity contribution in [1.29, 1.82) is 0 Å². The first kappa shape index (κ1) is 21.1. The number of hydrogen-bond donors (Lipinski definition) is 0. The molecule has 2 rings (SSSR count). The number of Topliss-reactive ketones (excluding diaryl/α,β-unsaturated/α-hetero) is 1. The minimum absolute atomic E-state index is 0.00709. The van der Waals surface area contributed by atoms with E-state index in [1.54, 1.807) is 6.08 Å². The van der Waals surface area contributed by atoms with Crippen LogP contribution in [0.15, 0.2) is 23.7 Å². The fraction of sp³-hybridized carbons (Fsp3) is 0.750. The second-order valence-electron chi connectivity index (χ2n) is 9.39.